The Hall–Kier alpha value is -0.830. The lowest BCUT2D eigenvalue weighted by Crippen LogP contribution is -2.47. The number of aliphatic carboxylic acids is 1. The molecule has 0 aromatic heterocycles. The van der Waals surface area contributed by atoms with Crippen LogP contribution in [-0.4, -0.2) is 35.6 Å². The van der Waals surface area contributed by atoms with Crippen molar-refractivity contribution in [1.29, 1.82) is 0 Å². The van der Waals surface area contributed by atoms with Crippen molar-refractivity contribution in [1.82, 2.24) is 4.90 Å². The van der Waals surface area contributed by atoms with Crippen LogP contribution in [0.25, 0.3) is 0 Å². The van der Waals surface area contributed by atoms with Crippen LogP contribution in [0.5, 0.6) is 0 Å². The molecule has 0 bridgehead atoms. The molecule has 1 fully saturated rings. The average Bonchev–Trinajstić information content (AvgIpc) is 2.27. The molecule has 0 aromatic carbocycles. The molecule has 16 heavy (non-hydrogen) atoms. The number of piperidine rings is 1. The van der Waals surface area contributed by atoms with Gasteiger partial charge in [-0.05, 0) is 32.7 Å². The molecule has 1 aliphatic heterocycles. The Bertz CT molecular complexity index is 259. The monoisotopic (exact) mass is 225 g/mol. The van der Waals surface area contributed by atoms with E-state index >= 15 is 0 Å². The normalized spacial score (nSPS) is 27.4. The Labute approximate surface area is 98.1 Å². The summed E-state index contributed by atoms with van der Waals surface area (Å²) in [4.78, 5) is 13.7. The standard InChI is InChI=1S/C13H23NO2/c1-3-5-9-14-10-6-8-13(11-14,7-4-2)12(15)16/h3,5H,4,6-11H2,1-2H3,(H,15,16). The number of nitrogens with zero attached hydrogens (tertiary/aromatic N) is 1. The summed E-state index contributed by atoms with van der Waals surface area (Å²) in [6.07, 6.45) is 7.71. The summed E-state index contributed by atoms with van der Waals surface area (Å²) in [5, 5.41) is 9.42. The summed E-state index contributed by atoms with van der Waals surface area (Å²) in [5.74, 6) is -0.612. The molecular weight excluding hydrogens is 202 g/mol. The third kappa shape index (κ3) is 3.08. The third-order valence-electron chi connectivity index (χ3n) is 3.44. The van der Waals surface area contributed by atoms with Crippen LogP contribution in [0.3, 0.4) is 0 Å². The molecule has 1 heterocycles. The molecule has 1 aliphatic rings. The minimum Gasteiger partial charge on any atom is -0.481 e. The molecule has 0 aliphatic carbocycles. The van der Waals surface area contributed by atoms with Crippen molar-refractivity contribution in [2.75, 3.05) is 19.6 Å². The van der Waals surface area contributed by atoms with E-state index in [4.69, 9.17) is 0 Å². The van der Waals surface area contributed by atoms with Crippen molar-refractivity contribution in [3.8, 4) is 0 Å². The van der Waals surface area contributed by atoms with E-state index in [0.717, 1.165) is 38.8 Å². The molecule has 1 unspecified atom stereocenters. The quantitative estimate of drug-likeness (QED) is 0.731. The highest BCUT2D eigenvalue weighted by Gasteiger charge is 2.41. The molecule has 0 radical (unpaired) electrons. The molecular formula is C13H23NO2. The predicted octanol–water partition coefficient (Wildman–Crippen LogP) is 2.53. The second-order valence-electron chi connectivity index (χ2n) is 4.74. The Kier molecular flexibility index (Phi) is 5.00. The lowest BCUT2D eigenvalue weighted by atomic mass is 9.76. The van der Waals surface area contributed by atoms with Gasteiger partial charge in [0.15, 0.2) is 0 Å². The molecule has 1 saturated heterocycles. The van der Waals surface area contributed by atoms with E-state index in [1.807, 2.05) is 13.0 Å². The van der Waals surface area contributed by atoms with Gasteiger partial charge in [-0.15, -0.1) is 0 Å². The Morgan fingerprint density at radius 2 is 2.31 bits per heavy atom. The van der Waals surface area contributed by atoms with E-state index in [2.05, 4.69) is 17.9 Å². The number of carboxylic acid groups (broad SMARTS) is 1. The van der Waals surface area contributed by atoms with E-state index < -0.39 is 11.4 Å². The van der Waals surface area contributed by atoms with Crippen LogP contribution in [0.1, 0.15) is 39.5 Å². The number of carbonyl (C=O) groups is 1. The number of likely N-dealkylation sites (tertiary alicyclic amines) is 1. The van der Waals surface area contributed by atoms with Crippen molar-refractivity contribution < 1.29 is 9.90 Å². The topological polar surface area (TPSA) is 40.5 Å². The maximum absolute atomic E-state index is 11.4. The summed E-state index contributed by atoms with van der Waals surface area (Å²) in [5.41, 5.74) is -0.491. The number of carboxylic acids is 1. The fraction of sp³-hybridized carbons (Fsp3) is 0.769. The molecule has 0 saturated carbocycles. The number of hydrogen-bond donors (Lipinski definition) is 1. The van der Waals surface area contributed by atoms with Crippen LogP contribution >= 0.6 is 0 Å². The van der Waals surface area contributed by atoms with Gasteiger partial charge in [-0.2, -0.15) is 0 Å². The largest absolute Gasteiger partial charge is 0.481 e. The van der Waals surface area contributed by atoms with E-state index in [-0.39, 0.29) is 0 Å². The van der Waals surface area contributed by atoms with Crippen molar-refractivity contribution in [3.63, 3.8) is 0 Å². The molecule has 0 aromatic rings. The fourth-order valence-corrected chi connectivity index (χ4v) is 2.60. The Balaban J connectivity index is 2.67. The van der Waals surface area contributed by atoms with Gasteiger partial charge in [-0.25, -0.2) is 0 Å². The highest BCUT2D eigenvalue weighted by Crippen LogP contribution is 2.34. The van der Waals surface area contributed by atoms with Crippen LogP contribution in [0.2, 0.25) is 0 Å². The van der Waals surface area contributed by atoms with Crippen molar-refractivity contribution in [2.24, 2.45) is 5.41 Å². The number of allylic oxidation sites excluding steroid dienone is 1. The van der Waals surface area contributed by atoms with Gasteiger partial charge in [0.05, 0.1) is 5.41 Å². The number of rotatable bonds is 5. The van der Waals surface area contributed by atoms with Crippen molar-refractivity contribution >= 4 is 5.97 Å². The fourth-order valence-electron chi connectivity index (χ4n) is 2.60. The summed E-state index contributed by atoms with van der Waals surface area (Å²) < 4.78 is 0. The van der Waals surface area contributed by atoms with Crippen molar-refractivity contribution in [3.05, 3.63) is 12.2 Å². The first-order valence-electron chi connectivity index (χ1n) is 6.21. The minimum atomic E-state index is -0.612. The van der Waals surface area contributed by atoms with Gasteiger partial charge in [0.2, 0.25) is 0 Å². The van der Waals surface area contributed by atoms with E-state index in [1.165, 1.54) is 0 Å². The van der Waals surface area contributed by atoms with E-state index in [0.29, 0.717) is 6.54 Å². The molecule has 1 atom stereocenters. The molecule has 1 rings (SSSR count). The maximum Gasteiger partial charge on any atom is 0.310 e. The molecule has 92 valence electrons. The first-order valence-corrected chi connectivity index (χ1v) is 6.21. The van der Waals surface area contributed by atoms with Crippen LogP contribution in [0.15, 0.2) is 12.2 Å². The summed E-state index contributed by atoms with van der Waals surface area (Å²) in [7, 11) is 0. The molecule has 3 heteroatoms. The Morgan fingerprint density at radius 1 is 1.56 bits per heavy atom. The smallest absolute Gasteiger partial charge is 0.310 e. The van der Waals surface area contributed by atoms with Crippen LogP contribution in [-0.2, 0) is 4.79 Å². The van der Waals surface area contributed by atoms with Gasteiger partial charge >= 0.3 is 5.97 Å². The lowest BCUT2D eigenvalue weighted by molar-refractivity contribution is -0.153. The maximum atomic E-state index is 11.4. The van der Waals surface area contributed by atoms with Crippen molar-refractivity contribution in [2.45, 2.75) is 39.5 Å². The zero-order chi connectivity index (χ0) is 12.0. The number of hydrogen-bond acceptors (Lipinski definition) is 2. The van der Waals surface area contributed by atoms with Crippen LogP contribution in [0.4, 0.5) is 0 Å². The summed E-state index contributed by atoms with van der Waals surface area (Å²) in [6, 6.07) is 0. The molecule has 0 spiro atoms. The highest BCUT2D eigenvalue weighted by molar-refractivity contribution is 5.75. The minimum absolute atomic E-state index is 0.491. The van der Waals surface area contributed by atoms with Gasteiger partial charge in [0.25, 0.3) is 0 Å². The molecule has 1 N–H and O–H groups in total. The molecule has 3 nitrogen and oxygen atoms in total. The third-order valence-corrected chi connectivity index (χ3v) is 3.44. The highest BCUT2D eigenvalue weighted by atomic mass is 16.4. The zero-order valence-electron chi connectivity index (χ0n) is 10.4. The van der Waals surface area contributed by atoms with Crippen LogP contribution in [0, 0.1) is 5.41 Å². The van der Waals surface area contributed by atoms with Gasteiger partial charge in [-0.3, -0.25) is 9.69 Å². The van der Waals surface area contributed by atoms with Gasteiger partial charge in [-0.1, -0.05) is 25.5 Å². The van der Waals surface area contributed by atoms with Crippen LogP contribution < -0.4 is 0 Å². The Morgan fingerprint density at radius 3 is 2.88 bits per heavy atom. The van der Waals surface area contributed by atoms with E-state index in [9.17, 15) is 9.90 Å². The first-order chi connectivity index (χ1) is 7.64. The first kappa shape index (κ1) is 13.2. The molecule has 0 amide bonds. The summed E-state index contributed by atoms with van der Waals surface area (Å²) in [6.45, 7) is 6.69. The second-order valence-corrected chi connectivity index (χ2v) is 4.74. The SMILES string of the molecule is CC=CCN1CCCC(CCC)(C(=O)O)C1. The lowest BCUT2D eigenvalue weighted by Gasteiger charge is -2.39. The zero-order valence-corrected chi connectivity index (χ0v) is 10.4. The predicted molar refractivity (Wildman–Crippen MR) is 65.5 cm³/mol. The summed E-state index contributed by atoms with van der Waals surface area (Å²) >= 11 is 0. The van der Waals surface area contributed by atoms with Gasteiger partial charge in [0.1, 0.15) is 0 Å². The van der Waals surface area contributed by atoms with Gasteiger partial charge in [0, 0.05) is 13.1 Å². The average molecular weight is 225 g/mol. The van der Waals surface area contributed by atoms with E-state index in [1.54, 1.807) is 0 Å². The van der Waals surface area contributed by atoms with Gasteiger partial charge < -0.3 is 5.11 Å². The second kappa shape index (κ2) is 6.04.